The van der Waals surface area contributed by atoms with E-state index < -0.39 is 0 Å². The van der Waals surface area contributed by atoms with E-state index in [-0.39, 0.29) is 24.8 Å². The fourth-order valence-corrected chi connectivity index (χ4v) is 4.74. The van der Waals surface area contributed by atoms with E-state index in [2.05, 4.69) is 29.2 Å². The smallest absolute Gasteiger partial charge is 0.134 e. The van der Waals surface area contributed by atoms with Crippen LogP contribution in [-0.2, 0) is 0 Å². The lowest BCUT2D eigenvalue weighted by Crippen LogP contribution is -2.36. The third-order valence-electron chi connectivity index (χ3n) is 6.22. The quantitative estimate of drug-likeness (QED) is 0.721. The first-order valence-corrected chi connectivity index (χ1v) is 9.77. The van der Waals surface area contributed by atoms with Gasteiger partial charge in [-0.3, -0.25) is 4.90 Å². The van der Waals surface area contributed by atoms with E-state index in [1.807, 2.05) is 6.26 Å². The zero-order chi connectivity index (χ0) is 16.4. The lowest BCUT2D eigenvalue weighted by atomic mass is 9.84. The molecule has 26 heavy (non-hydrogen) atoms. The molecule has 1 saturated heterocycles. The van der Waals surface area contributed by atoms with Gasteiger partial charge in [-0.1, -0.05) is 18.6 Å². The van der Waals surface area contributed by atoms with E-state index in [1.165, 1.54) is 75.6 Å². The minimum atomic E-state index is 0. The summed E-state index contributed by atoms with van der Waals surface area (Å²) in [7, 11) is 0. The molecule has 1 unspecified atom stereocenters. The maximum atomic E-state index is 6.06. The molecule has 1 saturated carbocycles. The number of fused-ring (bicyclic) bond motifs is 1. The number of nitrogens with zero attached hydrogens (tertiary/aromatic N) is 1. The van der Waals surface area contributed by atoms with Crippen molar-refractivity contribution >= 4 is 24.8 Å². The molecular formula is C21H32Cl2N2O. The molecule has 3 nitrogen and oxygen atoms in total. The van der Waals surface area contributed by atoms with E-state index >= 15 is 0 Å². The minimum Gasteiger partial charge on any atom is -0.464 e. The van der Waals surface area contributed by atoms with Gasteiger partial charge in [0, 0.05) is 17.6 Å². The Balaban J connectivity index is 0.00000121. The molecule has 2 aliphatic heterocycles. The van der Waals surface area contributed by atoms with E-state index in [9.17, 15) is 0 Å². The molecule has 0 bridgehead atoms. The van der Waals surface area contributed by atoms with Crippen LogP contribution in [0, 0.1) is 5.92 Å². The van der Waals surface area contributed by atoms with Crippen LogP contribution in [0.25, 0.3) is 11.3 Å². The summed E-state index contributed by atoms with van der Waals surface area (Å²) in [6.45, 7) is 2.48. The molecule has 0 amide bonds. The van der Waals surface area contributed by atoms with Crippen LogP contribution < -0.4 is 5.73 Å². The molecule has 0 radical (unpaired) electrons. The van der Waals surface area contributed by atoms with Crippen molar-refractivity contribution in [3.63, 3.8) is 0 Å². The molecule has 2 heterocycles. The fraction of sp³-hybridized carbons (Fsp3) is 0.619. The summed E-state index contributed by atoms with van der Waals surface area (Å²) in [6.07, 6.45) is 12.3. The molecule has 4 rings (SSSR count). The highest BCUT2D eigenvalue weighted by molar-refractivity contribution is 5.85. The van der Waals surface area contributed by atoms with Crippen molar-refractivity contribution in [1.29, 1.82) is 0 Å². The summed E-state index contributed by atoms with van der Waals surface area (Å²) >= 11 is 0. The molecule has 146 valence electrons. The SMILES string of the molecule is Cl.Cl.N[C@H]1CC[C@H](CCN2CCCCC2c2ccoc3cccc2-3)CC1. The van der Waals surface area contributed by atoms with Crippen LogP contribution in [0.5, 0.6) is 0 Å². The number of rotatable bonds is 4. The van der Waals surface area contributed by atoms with Crippen LogP contribution in [0.4, 0.5) is 0 Å². The minimum absolute atomic E-state index is 0. The molecule has 5 heteroatoms. The highest BCUT2D eigenvalue weighted by Gasteiger charge is 2.28. The van der Waals surface area contributed by atoms with Crippen LogP contribution in [0.15, 0.2) is 34.9 Å². The Morgan fingerprint density at radius 2 is 1.81 bits per heavy atom. The molecule has 2 N–H and O–H groups in total. The van der Waals surface area contributed by atoms with E-state index in [1.54, 1.807) is 0 Å². The Labute approximate surface area is 169 Å². The summed E-state index contributed by atoms with van der Waals surface area (Å²) in [5.41, 5.74) is 8.83. The van der Waals surface area contributed by atoms with Gasteiger partial charge in [0.25, 0.3) is 0 Å². The van der Waals surface area contributed by atoms with Gasteiger partial charge in [-0.2, -0.15) is 0 Å². The van der Waals surface area contributed by atoms with Crippen molar-refractivity contribution in [1.82, 2.24) is 4.90 Å². The second kappa shape index (κ2) is 9.98. The second-order valence-electron chi connectivity index (χ2n) is 7.80. The molecule has 0 aromatic heterocycles. The van der Waals surface area contributed by atoms with Crippen LogP contribution in [0.2, 0.25) is 0 Å². The fourth-order valence-electron chi connectivity index (χ4n) is 4.74. The second-order valence-corrected chi connectivity index (χ2v) is 7.80. The van der Waals surface area contributed by atoms with Gasteiger partial charge in [-0.25, -0.2) is 0 Å². The Morgan fingerprint density at radius 3 is 2.62 bits per heavy atom. The first-order chi connectivity index (χ1) is 11.8. The normalized spacial score (nSPS) is 26.9. The molecule has 2 fully saturated rings. The Kier molecular flexibility index (Phi) is 8.28. The number of nitrogens with two attached hydrogens (primary N) is 1. The summed E-state index contributed by atoms with van der Waals surface area (Å²) < 4.78 is 5.65. The van der Waals surface area contributed by atoms with Crippen molar-refractivity contribution in [2.24, 2.45) is 11.7 Å². The molecule has 2 aliphatic carbocycles. The van der Waals surface area contributed by atoms with Gasteiger partial charge in [0.15, 0.2) is 0 Å². The van der Waals surface area contributed by atoms with Gasteiger partial charge in [0.2, 0.25) is 0 Å². The van der Waals surface area contributed by atoms with Crippen LogP contribution in [-0.4, -0.2) is 24.0 Å². The van der Waals surface area contributed by atoms with Crippen molar-refractivity contribution in [3.05, 3.63) is 36.1 Å². The molecule has 4 aliphatic rings. The van der Waals surface area contributed by atoms with Crippen molar-refractivity contribution in [3.8, 4) is 11.3 Å². The first-order valence-electron chi connectivity index (χ1n) is 9.77. The molecule has 1 atom stereocenters. The van der Waals surface area contributed by atoms with Crippen molar-refractivity contribution in [2.75, 3.05) is 13.1 Å². The van der Waals surface area contributed by atoms with Gasteiger partial charge in [0.1, 0.15) is 5.76 Å². The molecular weight excluding hydrogens is 367 g/mol. The predicted molar refractivity (Wildman–Crippen MR) is 113 cm³/mol. The topological polar surface area (TPSA) is 42.4 Å². The molecule has 0 aromatic carbocycles. The van der Waals surface area contributed by atoms with Gasteiger partial charge >= 0.3 is 0 Å². The Hall–Kier alpha value is -0.740. The van der Waals surface area contributed by atoms with Gasteiger partial charge in [0.05, 0.1) is 6.26 Å². The number of piperidine rings is 1. The summed E-state index contributed by atoms with van der Waals surface area (Å²) in [6, 6.07) is 9.62. The molecule has 0 spiro atoms. The number of hydrogen-bond donors (Lipinski definition) is 1. The van der Waals surface area contributed by atoms with E-state index in [0.717, 1.165) is 11.7 Å². The average Bonchev–Trinajstić information content (AvgIpc) is 3.10. The number of halogens is 2. The lowest BCUT2D eigenvalue weighted by Gasteiger charge is -2.38. The van der Waals surface area contributed by atoms with E-state index in [4.69, 9.17) is 10.2 Å². The van der Waals surface area contributed by atoms with Crippen LogP contribution >= 0.6 is 24.8 Å². The largest absolute Gasteiger partial charge is 0.464 e. The number of likely N-dealkylation sites (tertiary alicyclic amines) is 1. The first kappa shape index (κ1) is 21.6. The summed E-state index contributed by atoms with van der Waals surface area (Å²) in [5.74, 6) is 1.91. The predicted octanol–water partition coefficient (Wildman–Crippen LogP) is 5.66. The Bertz CT molecular complexity index is 624. The van der Waals surface area contributed by atoms with Crippen molar-refractivity contribution < 1.29 is 4.42 Å². The Morgan fingerprint density at radius 1 is 1.00 bits per heavy atom. The van der Waals surface area contributed by atoms with Crippen molar-refractivity contribution in [2.45, 2.75) is 63.5 Å². The summed E-state index contributed by atoms with van der Waals surface area (Å²) in [5, 5.41) is 0. The average molecular weight is 399 g/mol. The van der Waals surface area contributed by atoms with E-state index in [0.29, 0.717) is 12.1 Å². The standard InChI is InChI=1S/C21H30N2O.2ClH/c22-17-9-7-16(8-10-17)11-14-23-13-2-1-5-20(23)18-12-15-24-21-6-3-4-19(18)21;;/h3-4,6,12,15-17,20H,1-2,5,7-11,13-14,22H2;2*1H/t16-,17-,20?;;. The van der Waals surface area contributed by atoms with Gasteiger partial charge in [-0.15, -0.1) is 24.8 Å². The van der Waals surface area contributed by atoms with Gasteiger partial charge < -0.3 is 10.2 Å². The third kappa shape index (κ3) is 4.75. The molecule has 0 aromatic rings. The van der Waals surface area contributed by atoms with Crippen LogP contribution in [0.1, 0.15) is 63.0 Å². The maximum Gasteiger partial charge on any atom is 0.134 e. The zero-order valence-electron chi connectivity index (χ0n) is 15.4. The highest BCUT2D eigenvalue weighted by Crippen LogP contribution is 2.39. The lowest BCUT2D eigenvalue weighted by molar-refractivity contribution is 0.133. The van der Waals surface area contributed by atoms with Gasteiger partial charge in [-0.05, 0) is 81.6 Å². The number of hydrogen-bond acceptors (Lipinski definition) is 3. The maximum absolute atomic E-state index is 6.06. The zero-order valence-corrected chi connectivity index (χ0v) is 17.1. The van der Waals surface area contributed by atoms with Crippen LogP contribution in [0.3, 0.4) is 0 Å². The monoisotopic (exact) mass is 398 g/mol. The summed E-state index contributed by atoms with van der Waals surface area (Å²) in [4.78, 5) is 2.74. The highest BCUT2D eigenvalue weighted by atomic mass is 35.5. The third-order valence-corrected chi connectivity index (χ3v) is 6.22.